The highest BCUT2D eigenvalue weighted by molar-refractivity contribution is 6.23. The molecule has 0 aromatic heterocycles. The minimum atomic E-state index is -0.913. The molecule has 0 fully saturated rings. The summed E-state index contributed by atoms with van der Waals surface area (Å²) in [6.45, 7) is 9.75. The van der Waals surface area contributed by atoms with Crippen molar-refractivity contribution in [1.82, 2.24) is 0 Å². The average Bonchev–Trinajstić information content (AvgIpc) is 1.80. The Hall–Kier alpha value is -0.280. The van der Waals surface area contributed by atoms with E-state index in [0.717, 1.165) is 0 Å². The van der Waals surface area contributed by atoms with Crippen molar-refractivity contribution >= 4 is 17.6 Å². The third-order valence-electron chi connectivity index (χ3n) is 1.04. The normalized spacial score (nSPS) is 13.1. The second kappa shape index (κ2) is 7.07. The van der Waals surface area contributed by atoms with E-state index in [0.29, 0.717) is 12.3 Å². The highest BCUT2D eigenvalue weighted by atomic mass is 35.5. The Morgan fingerprint density at radius 3 is 1.79 bits per heavy atom. The quantitative estimate of drug-likeness (QED) is 0.723. The van der Waals surface area contributed by atoms with E-state index in [1.165, 1.54) is 0 Å². The van der Waals surface area contributed by atoms with E-state index >= 15 is 0 Å². The number of carbonyl (C=O) groups is 1. The SMILES string of the molecule is CC(C)(C)Cl.CC(C)CC(N)C(=O)O. The van der Waals surface area contributed by atoms with Crippen LogP contribution in [0.5, 0.6) is 0 Å². The number of halogens is 1. The van der Waals surface area contributed by atoms with Crippen molar-refractivity contribution < 1.29 is 9.90 Å². The molecule has 1 atom stereocenters. The Bertz CT molecular complexity index is 158. The molecule has 3 nitrogen and oxygen atoms in total. The van der Waals surface area contributed by atoms with Crippen LogP contribution in [0.1, 0.15) is 41.0 Å². The van der Waals surface area contributed by atoms with Crippen molar-refractivity contribution in [3.8, 4) is 0 Å². The fraction of sp³-hybridized carbons (Fsp3) is 0.900. The number of aliphatic carboxylic acids is 1. The van der Waals surface area contributed by atoms with Gasteiger partial charge in [0, 0.05) is 4.87 Å². The molecule has 1 unspecified atom stereocenters. The van der Waals surface area contributed by atoms with Gasteiger partial charge in [0.1, 0.15) is 6.04 Å². The molecule has 0 heterocycles. The van der Waals surface area contributed by atoms with Crippen LogP contribution in [0.25, 0.3) is 0 Å². The van der Waals surface area contributed by atoms with Crippen LogP contribution in [0, 0.1) is 5.92 Å². The van der Waals surface area contributed by atoms with Crippen molar-refractivity contribution in [3.63, 3.8) is 0 Å². The van der Waals surface area contributed by atoms with Crippen LogP contribution in [-0.2, 0) is 4.79 Å². The second-order valence-corrected chi connectivity index (χ2v) is 5.78. The van der Waals surface area contributed by atoms with Crippen molar-refractivity contribution in [1.29, 1.82) is 0 Å². The first kappa shape index (κ1) is 16.2. The third kappa shape index (κ3) is 22.6. The predicted molar refractivity (Wildman–Crippen MR) is 60.7 cm³/mol. The van der Waals surface area contributed by atoms with E-state index in [9.17, 15) is 4.79 Å². The lowest BCUT2D eigenvalue weighted by atomic mass is 10.1. The Kier molecular flexibility index (Phi) is 8.16. The van der Waals surface area contributed by atoms with E-state index in [1.54, 1.807) is 0 Å². The number of carboxylic acids is 1. The molecule has 0 aliphatic carbocycles. The van der Waals surface area contributed by atoms with Crippen LogP contribution in [0.3, 0.4) is 0 Å². The van der Waals surface area contributed by atoms with Gasteiger partial charge in [0.05, 0.1) is 0 Å². The molecule has 0 aliphatic rings. The smallest absolute Gasteiger partial charge is 0.320 e. The lowest BCUT2D eigenvalue weighted by Crippen LogP contribution is -2.31. The average molecular weight is 224 g/mol. The first-order valence-electron chi connectivity index (χ1n) is 4.71. The summed E-state index contributed by atoms with van der Waals surface area (Å²) < 4.78 is 0. The summed E-state index contributed by atoms with van der Waals surface area (Å²) in [4.78, 5) is 10.1. The minimum Gasteiger partial charge on any atom is -0.480 e. The van der Waals surface area contributed by atoms with Crippen LogP contribution in [-0.4, -0.2) is 22.0 Å². The minimum absolute atomic E-state index is 0.0278. The lowest BCUT2D eigenvalue weighted by molar-refractivity contribution is -0.138. The molecule has 0 saturated carbocycles. The fourth-order valence-electron chi connectivity index (χ4n) is 0.609. The highest BCUT2D eigenvalue weighted by Gasteiger charge is 2.11. The fourth-order valence-corrected chi connectivity index (χ4v) is 0.609. The van der Waals surface area contributed by atoms with Crippen LogP contribution in [0.4, 0.5) is 0 Å². The molecule has 0 rings (SSSR count). The van der Waals surface area contributed by atoms with Crippen molar-refractivity contribution in [2.24, 2.45) is 11.7 Å². The molecule has 4 heteroatoms. The summed E-state index contributed by atoms with van der Waals surface area (Å²) in [5, 5.41) is 8.31. The maximum Gasteiger partial charge on any atom is 0.320 e. The van der Waals surface area contributed by atoms with Gasteiger partial charge in [0.2, 0.25) is 0 Å². The Balaban J connectivity index is 0. The van der Waals surface area contributed by atoms with Gasteiger partial charge in [0.15, 0.2) is 0 Å². The zero-order valence-electron chi connectivity index (χ0n) is 9.67. The molecule has 14 heavy (non-hydrogen) atoms. The molecule has 0 radical (unpaired) electrons. The zero-order valence-corrected chi connectivity index (χ0v) is 10.4. The van der Waals surface area contributed by atoms with Gasteiger partial charge in [-0.05, 0) is 33.1 Å². The summed E-state index contributed by atoms with van der Waals surface area (Å²) in [6, 6.07) is -0.690. The first-order valence-corrected chi connectivity index (χ1v) is 5.09. The van der Waals surface area contributed by atoms with E-state index in [4.69, 9.17) is 22.4 Å². The van der Waals surface area contributed by atoms with Gasteiger partial charge in [-0.1, -0.05) is 13.8 Å². The van der Waals surface area contributed by atoms with Gasteiger partial charge in [-0.2, -0.15) is 0 Å². The second-order valence-electron chi connectivity index (χ2n) is 4.64. The van der Waals surface area contributed by atoms with Crippen molar-refractivity contribution in [2.75, 3.05) is 0 Å². The van der Waals surface area contributed by atoms with Crippen LogP contribution in [0.2, 0.25) is 0 Å². The summed E-state index contributed by atoms with van der Waals surface area (Å²) in [7, 11) is 0. The van der Waals surface area contributed by atoms with Crippen LogP contribution < -0.4 is 5.73 Å². The Morgan fingerprint density at radius 1 is 1.43 bits per heavy atom. The number of rotatable bonds is 3. The summed E-state index contributed by atoms with van der Waals surface area (Å²) >= 11 is 5.53. The molecule has 0 amide bonds. The predicted octanol–water partition coefficient (Wildman–Crippen LogP) is 2.47. The van der Waals surface area contributed by atoms with Gasteiger partial charge in [-0.15, -0.1) is 11.6 Å². The first-order chi connectivity index (χ1) is 6.04. The molecule has 0 spiro atoms. The van der Waals surface area contributed by atoms with Gasteiger partial charge in [-0.3, -0.25) is 4.79 Å². The molecular weight excluding hydrogens is 202 g/mol. The lowest BCUT2D eigenvalue weighted by Gasteiger charge is -2.07. The molecular formula is C10H22ClNO2. The van der Waals surface area contributed by atoms with Crippen molar-refractivity contribution in [3.05, 3.63) is 0 Å². The van der Waals surface area contributed by atoms with Crippen molar-refractivity contribution in [2.45, 2.75) is 52.0 Å². The number of alkyl halides is 1. The third-order valence-corrected chi connectivity index (χ3v) is 1.04. The van der Waals surface area contributed by atoms with Gasteiger partial charge in [-0.25, -0.2) is 0 Å². The largest absolute Gasteiger partial charge is 0.480 e. The molecule has 0 saturated heterocycles. The number of nitrogens with two attached hydrogens (primary N) is 1. The van der Waals surface area contributed by atoms with Gasteiger partial charge < -0.3 is 10.8 Å². The van der Waals surface area contributed by atoms with Gasteiger partial charge in [0.25, 0.3) is 0 Å². The molecule has 0 aliphatic heterocycles. The summed E-state index contributed by atoms with van der Waals surface area (Å²) in [5.74, 6) is -0.556. The molecule has 0 bridgehead atoms. The molecule has 86 valence electrons. The molecule has 0 aromatic rings. The standard InChI is InChI=1S/C6H13NO2.C4H9Cl/c1-4(2)3-5(7)6(8)9;1-4(2,3)5/h4-5H,3,7H2,1-2H3,(H,8,9);1-3H3. The van der Waals surface area contributed by atoms with Crippen LogP contribution >= 0.6 is 11.6 Å². The van der Waals surface area contributed by atoms with E-state index in [2.05, 4.69) is 0 Å². The monoisotopic (exact) mass is 223 g/mol. The summed E-state index contributed by atoms with van der Waals surface area (Å²) in [6.07, 6.45) is 0.551. The van der Waals surface area contributed by atoms with E-state index < -0.39 is 12.0 Å². The maximum atomic E-state index is 10.1. The van der Waals surface area contributed by atoms with Crippen LogP contribution in [0.15, 0.2) is 0 Å². The number of hydrogen-bond acceptors (Lipinski definition) is 2. The zero-order chi connectivity index (χ0) is 11.9. The Morgan fingerprint density at radius 2 is 1.71 bits per heavy atom. The maximum absolute atomic E-state index is 10.1. The van der Waals surface area contributed by atoms with E-state index in [-0.39, 0.29) is 4.87 Å². The number of hydrogen-bond donors (Lipinski definition) is 2. The van der Waals surface area contributed by atoms with E-state index in [1.807, 2.05) is 34.6 Å². The summed E-state index contributed by atoms with van der Waals surface area (Å²) in [5.41, 5.74) is 5.22. The number of carboxylic acid groups (broad SMARTS) is 1. The topological polar surface area (TPSA) is 63.3 Å². The molecule has 0 aromatic carbocycles. The van der Waals surface area contributed by atoms with Gasteiger partial charge >= 0.3 is 5.97 Å². The Labute approximate surface area is 91.6 Å². The molecule has 3 N–H and O–H groups in total. The highest BCUT2D eigenvalue weighted by Crippen LogP contribution is 2.08.